The van der Waals surface area contributed by atoms with Crippen molar-refractivity contribution in [3.63, 3.8) is 0 Å². The lowest BCUT2D eigenvalue weighted by Gasteiger charge is -2.36. The molecule has 0 bridgehead atoms. The Morgan fingerprint density at radius 2 is 2.21 bits per heavy atom. The van der Waals surface area contributed by atoms with Crippen LogP contribution >= 0.6 is 0 Å². The van der Waals surface area contributed by atoms with Crippen LogP contribution in [-0.2, 0) is 9.47 Å². The van der Waals surface area contributed by atoms with Gasteiger partial charge in [-0.2, -0.15) is 0 Å². The molecule has 4 nitrogen and oxygen atoms in total. The van der Waals surface area contributed by atoms with E-state index in [0.29, 0.717) is 11.5 Å². The molecular weight excluding hydrogens is 240 g/mol. The Bertz CT molecular complexity index is 261. The summed E-state index contributed by atoms with van der Waals surface area (Å²) in [5, 5.41) is 3.70. The number of hydrogen-bond donors (Lipinski definition) is 1. The summed E-state index contributed by atoms with van der Waals surface area (Å²) >= 11 is 0. The highest BCUT2D eigenvalue weighted by molar-refractivity contribution is 4.92. The molecule has 1 saturated heterocycles. The molecule has 0 amide bonds. The zero-order valence-electron chi connectivity index (χ0n) is 12.8. The van der Waals surface area contributed by atoms with Crippen molar-refractivity contribution >= 4 is 0 Å². The van der Waals surface area contributed by atoms with E-state index in [0.717, 1.165) is 45.5 Å². The monoisotopic (exact) mass is 270 g/mol. The van der Waals surface area contributed by atoms with E-state index < -0.39 is 0 Å². The third kappa shape index (κ3) is 4.71. The van der Waals surface area contributed by atoms with Gasteiger partial charge in [0.15, 0.2) is 0 Å². The standard InChI is InChI=1S/C15H30N2O2/c1-13(2)17(7-9-18-3)11-15(6-8-19-12-15)10-16-14-4-5-14/h13-14,16H,4-12H2,1-3H3. The fourth-order valence-electron chi connectivity index (χ4n) is 2.78. The van der Waals surface area contributed by atoms with Crippen molar-refractivity contribution in [2.75, 3.05) is 46.6 Å². The molecule has 0 aromatic carbocycles. The maximum Gasteiger partial charge on any atom is 0.0589 e. The predicted octanol–water partition coefficient (Wildman–Crippen LogP) is 1.50. The third-order valence-electron chi connectivity index (χ3n) is 4.38. The largest absolute Gasteiger partial charge is 0.383 e. The van der Waals surface area contributed by atoms with E-state index in [1.54, 1.807) is 7.11 Å². The Kier molecular flexibility index (Phi) is 5.63. The molecule has 1 saturated carbocycles. The van der Waals surface area contributed by atoms with Gasteiger partial charge in [-0.25, -0.2) is 0 Å². The van der Waals surface area contributed by atoms with Crippen LogP contribution in [-0.4, -0.2) is 63.5 Å². The van der Waals surface area contributed by atoms with Crippen molar-refractivity contribution < 1.29 is 9.47 Å². The molecule has 1 atom stereocenters. The second-order valence-corrected chi connectivity index (χ2v) is 6.51. The van der Waals surface area contributed by atoms with Crippen LogP contribution < -0.4 is 5.32 Å². The molecule has 1 aliphatic heterocycles. The predicted molar refractivity (Wildman–Crippen MR) is 77.5 cm³/mol. The SMILES string of the molecule is COCCN(CC1(CNC2CC2)CCOC1)C(C)C. The summed E-state index contributed by atoms with van der Waals surface area (Å²) < 4.78 is 10.9. The average molecular weight is 270 g/mol. The van der Waals surface area contributed by atoms with E-state index >= 15 is 0 Å². The van der Waals surface area contributed by atoms with Crippen molar-refractivity contribution in [2.45, 2.75) is 45.2 Å². The lowest BCUT2D eigenvalue weighted by molar-refractivity contribution is 0.0705. The maximum absolute atomic E-state index is 5.70. The second kappa shape index (κ2) is 7.02. The van der Waals surface area contributed by atoms with Crippen LogP contribution in [0.25, 0.3) is 0 Å². The Morgan fingerprint density at radius 3 is 2.74 bits per heavy atom. The molecule has 1 unspecified atom stereocenters. The Labute approximate surface area is 117 Å². The fraction of sp³-hybridized carbons (Fsp3) is 1.00. The molecule has 2 aliphatic rings. The smallest absolute Gasteiger partial charge is 0.0589 e. The van der Waals surface area contributed by atoms with Crippen molar-refractivity contribution in [1.82, 2.24) is 10.2 Å². The highest BCUT2D eigenvalue weighted by atomic mass is 16.5. The van der Waals surface area contributed by atoms with Crippen molar-refractivity contribution in [3.8, 4) is 0 Å². The topological polar surface area (TPSA) is 33.7 Å². The lowest BCUT2D eigenvalue weighted by atomic mass is 9.86. The van der Waals surface area contributed by atoms with Gasteiger partial charge in [0.25, 0.3) is 0 Å². The molecule has 0 spiro atoms. The van der Waals surface area contributed by atoms with E-state index in [2.05, 4.69) is 24.1 Å². The summed E-state index contributed by atoms with van der Waals surface area (Å²) in [6.07, 6.45) is 3.89. The van der Waals surface area contributed by atoms with Gasteiger partial charge >= 0.3 is 0 Å². The molecule has 2 fully saturated rings. The average Bonchev–Trinajstić information content (AvgIpc) is 3.11. The number of nitrogens with zero attached hydrogens (tertiary/aromatic N) is 1. The van der Waals surface area contributed by atoms with Crippen molar-refractivity contribution in [1.29, 1.82) is 0 Å². The summed E-state index contributed by atoms with van der Waals surface area (Å²) in [5.41, 5.74) is 0.306. The summed E-state index contributed by atoms with van der Waals surface area (Å²) in [6.45, 7) is 10.4. The third-order valence-corrected chi connectivity index (χ3v) is 4.38. The molecule has 1 N–H and O–H groups in total. The van der Waals surface area contributed by atoms with E-state index in [1.165, 1.54) is 19.3 Å². The number of methoxy groups -OCH3 is 1. The molecule has 1 aliphatic carbocycles. The first-order valence-electron chi connectivity index (χ1n) is 7.69. The van der Waals surface area contributed by atoms with Crippen LogP contribution in [0.1, 0.15) is 33.1 Å². The van der Waals surface area contributed by atoms with Gasteiger partial charge in [0, 0.05) is 50.8 Å². The van der Waals surface area contributed by atoms with Gasteiger partial charge < -0.3 is 14.8 Å². The van der Waals surface area contributed by atoms with Gasteiger partial charge in [-0.3, -0.25) is 4.90 Å². The van der Waals surface area contributed by atoms with E-state index in [9.17, 15) is 0 Å². The fourth-order valence-corrected chi connectivity index (χ4v) is 2.78. The van der Waals surface area contributed by atoms with Crippen LogP contribution in [0.2, 0.25) is 0 Å². The van der Waals surface area contributed by atoms with Crippen LogP contribution in [0.4, 0.5) is 0 Å². The highest BCUT2D eigenvalue weighted by Crippen LogP contribution is 2.31. The molecule has 0 aromatic rings. The van der Waals surface area contributed by atoms with Gasteiger partial charge in [-0.05, 0) is 33.1 Å². The minimum Gasteiger partial charge on any atom is -0.383 e. The Morgan fingerprint density at radius 1 is 1.42 bits per heavy atom. The van der Waals surface area contributed by atoms with Crippen LogP contribution in [0.3, 0.4) is 0 Å². The molecule has 112 valence electrons. The van der Waals surface area contributed by atoms with Crippen molar-refractivity contribution in [2.24, 2.45) is 5.41 Å². The molecule has 0 radical (unpaired) electrons. The van der Waals surface area contributed by atoms with Gasteiger partial charge in [0.05, 0.1) is 13.2 Å². The Hall–Kier alpha value is -0.160. The first-order chi connectivity index (χ1) is 9.15. The number of rotatable bonds is 9. The lowest BCUT2D eigenvalue weighted by Crippen LogP contribution is -2.48. The van der Waals surface area contributed by atoms with Gasteiger partial charge in [0.2, 0.25) is 0 Å². The quantitative estimate of drug-likeness (QED) is 0.688. The van der Waals surface area contributed by atoms with E-state index in [-0.39, 0.29) is 0 Å². The van der Waals surface area contributed by atoms with Crippen LogP contribution in [0, 0.1) is 5.41 Å². The summed E-state index contributed by atoms with van der Waals surface area (Å²) in [4.78, 5) is 2.53. The second-order valence-electron chi connectivity index (χ2n) is 6.51. The summed E-state index contributed by atoms with van der Waals surface area (Å²) in [5.74, 6) is 0. The van der Waals surface area contributed by atoms with Gasteiger partial charge in [0.1, 0.15) is 0 Å². The molecule has 2 rings (SSSR count). The van der Waals surface area contributed by atoms with Gasteiger partial charge in [-0.1, -0.05) is 0 Å². The summed E-state index contributed by atoms with van der Waals surface area (Å²) in [6, 6.07) is 1.34. The molecule has 19 heavy (non-hydrogen) atoms. The zero-order chi connectivity index (χ0) is 13.7. The minimum absolute atomic E-state index is 0.306. The van der Waals surface area contributed by atoms with E-state index in [4.69, 9.17) is 9.47 Å². The number of nitrogens with one attached hydrogen (secondary N) is 1. The molecule has 0 aromatic heterocycles. The summed E-state index contributed by atoms with van der Waals surface area (Å²) in [7, 11) is 1.78. The first-order valence-corrected chi connectivity index (χ1v) is 7.69. The highest BCUT2D eigenvalue weighted by Gasteiger charge is 2.38. The van der Waals surface area contributed by atoms with Crippen LogP contribution in [0.5, 0.6) is 0 Å². The zero-order valence-corrected chi connectivity index (χ0v) is 12.8. The molecular formula is C15H30N2O2. The normalized spacial score (nSPS) is 27.6. The van der Waals surface area contributed by atoms with E-state index in [1.807, 2.05) is 0 Å². The molecule has 4 heteroatoms. The first kappa shape index (κ1) is 15.2. The minimum atomic E-state index is 0.306. The Balaban J connectivity index is 1.88. The van der Waals surface area contributed by atoms with Gasteiger partial charge in [-0.15, -0.1) is 0 Å². The maximum atomic E-state index is 5.70. The number of hydrogen-bond acceptors (Lipinski definition) is 4. The molecule has 1 heterocycles. The van der Waals surface area contributed by atoms with Crippen molar-refractivity contribution in [3.05, 3.63) is 0 Å². The number of ether oxygens (including phenoxy) is 2. The van der Waals surface area contributed by atoms with Crippen LogP contribution in [0.15, 0.2) is 0 Å².